The summed E-state index contributed by atoms with van der Waals surface area (Å²) in [5, 5.41) is 4.13. The molecule has 0 aliphatic carbocycles. The number of nitrogens with one attached hydrogen (secondary N) is 1. The van der Waals surface area contributed by atoms with E-state index in [0.717, 1.165) is 5.39 Å². The Balaban J connectivity index is 1.63. The van der Waals surface area contributed by atoms with Crippen LogP contribution in [0.25, 0.3) is 21.9 Å². The van der Waals surface area contributed by atoms with Crippen molar-refractivity contribution in [1.82, 2.24) is 10.3 Å². The second-order valence-corrected chi connectivity index (χ2v) is 6.97. The Hall–Kier alpha value is -4.20. The van der Waals surface area contributed by atoms with Crippen LogP contribution in [0.1, 0.15) is 16.1 Å². The van der Waals surface area contributed by atoms with Crippen molar-refractivity contribution in [3.63, 3.8) is 0 Å². The van der Waals surface area contributed by atoms with Gasteiger partial charge in [-0.2, -0.15) is 0 Å². The number of pyridine rings is 1. The molecule has 0 unspecified atom stereocenters. The van der Waals surface area contributed by atoms with Crippen molar-refractivity contribution >= 4 is 33.7 Å². The number of ether oxygens (including phenoxy) is 1. The van der Waals surface area contributed by atoms with E-state index in [1.807, 2.05) is 18.2 Å². The highest BCUT2D eigenvalue weighted by atomic mass is 16.5. The van der Waals surface area contributed by atoms with Crippen LogP contribution in [-0.4, -0.2) is 29.9 Å². The minimum absolute atomic E-state index is 0.0169. The summed E-state index contributed by atoms with van der Waals surface area (Å²) in [7, 11) is 1.50. The van der Waals surface area contributed by atoms with Gasteiger partial charge in [-0.1, -0.05) is 24.3 Å². The number of methoxy groups -OCH3 is 1. The van der Waals surface area contributed by atoms with Crippen molar-refractivity contribution in [1.29, 1.82) is 0 Å². The molecule has 4 rings (SSSR count). The lowest BCUT2D eigenvalue weighted by Crippen LogP contribution is -2.46. The molecule has 2 aromatic heterocycles. The zero-order valence-corrected chi connectivity index (χ0v) is 16.6. The summed E-state index contributed by atoms with van der Waals surface area (Å²) in [6, 6.07) is 16.0. The fraction of sp³-hybridized carbons (Fsp3) is 0.130. The molecule has 156 valence electrons. The molecule has 2 amide bonds. The molecule has 3 N–H and O–H groups in total. The van der Waals surface area contributed by atoms with Crippen molar-refractivity contribution in [2.75, 3.05) is 7.11 Å². The predicted molar refractivity (Wildman–Crippen MR) is 115 cm³/mol. The minimum atomic E-state index is -1.05. The number of amides is 2. The molecular weight excluding hydrogens is 398 g/mol. The summed E-state index contributed by atoms with van der Waals surface area (Å²) in [4.78, 5) is 41.1. The fourth-order valence-electron chi connectivity index (χ4n) is 3.37. The van der Waals surface area contributed by atoms with Crippen LogP contribution in [0.2, 0.25) is 0 Å². The van der Waals surface area contributed by atoms with E-state index < -0.39 is 23.5 Å². The van der Waals surface area contributed by atoms with Gasteiger partial charge in [-0.15, -0.1) is 0 Å². The van der Waals surface area contributed by atoms with E-state index in [9.17, 15) is 14.4 Å². The van der Waals surface area contributed by atoms with Gasteiger partial charge in [0.15, 0.2) is 0 Å². The van der Waals surface area contributed by atoms with Gasteiger partial charge < -0.3 is 20.2 Å². The lowest BCUT2D eigenvalue weighted by atomic mass is 10.0. The largest absolute Gasteiger partial charge is 0.497 e. The summed E-state index contributed by atoms with van der Waals surface area (Å²) < 4.78 is 10.4. The standard InChI is InChI=1S/C23H19N3O5/c1-30-15-7-8-16-14(11-21(27)31-20(16)12-15)10-19(22(24)28)26-23(29)18-9-6-13-4-2-3-5-17(13)25-18/h2-9,11-12,19H,10H2,1H3,(H2,24,28)(H,26,29)/t19-/m1/s1. The maximum atomic E-state index is 12.7. The quantitative estimate of drug-likeness (QED) is 0.463. The summed E-state index contributed by atoms with van der Waals surface area (Å²) in [5.41, 5.74) is 6.60. The summed E-state index contributed by atoms with van der Waals surface area (Å²) in [5.74, 6) is -0.748. The Morgan fingerprint density at radius 3 is 2.71 bits per heavy atom. The fourth-order valence-corrected chi connectivity index (χ4v) is 3.37. The predicted octanol–water partition coefficient (Wildman–Crippen LogP) is 2.18. The molecule has 0 saturated carbocycles. The number of hydrogen-bond acceptors (Lipinski definition) is 6. The molecule has 2 aromatic carbocycles. The number of benzene rings is 2. The van der Waals surface area contributed by atoms with Crippen LogP contribution in [-0.2, 0) is 11.2 Å². The first-order valence-corrected chi connectivity index (χ1v) is 9.51. The van der Waals surface area contributed by atoms with E-state index in [1.165, 1.54) is 13.2 Å². The van der Waals surface area contributed by atoms with Gasteiger partial charge in [0.05, 0.1) is 12.6 Å². The van der Waals surface area contributed by atoms with Gasteiger partial charge in [0.1, 0.15) is 23.1 Å². The average Bonchev–Trinajstić information content (AvgIpc) is 2.77. The molecule has 0 aliphatic heterocycles. The van der Waals surface area contributed by atoms with Gasteiger partial charge in [-0.05, 0) is 29.8 Å². The van der Waals surface area contributed by atoms with Crippen LogP contribution in [0, 0.1) is 0 Å². The highest BCUT2D eigenvalue weighted by Crippen LogP contribution is 2.23. The Kier molecular flexibility index (Phi) is 5.36. The second kappa shape index (κ2) is 8.27. The third kappa shape index (κ3) is 4.23. The van der Waals surface area contributed by atoms with Gasteiger partial charge in [0.25, 0.3) is 5.91 Å². The van der Waals surface area contributed by atoms with E-state index >= 15 is 0 Å². The second-order valence-electron chi connectivity index (χ2n) is 6.97. The van der Waals surface area contributed by atoms with Crippen LogP contribution in [0.5, 0.6) is 5.75 Å². The van der Waals surface area contributed by atoms with E-state index in [1.54, 1.807) is 36.4 Å². The Morgan fingerprint density at radius 2 is 1.94 bits per heavy atom. The topological polar surface area (TPSA) is 125 Å². The van der Waals surface area contributed by atoms with Gasteiger partial charge in [-0.3, -0.25) is 9.59 Å². The lowest BCUT2D eigenvalue weighted by Gasteiger charge is -2.16. The maximum Gasteiger partial charge on any atom is 0.336 e. The van der Waals surface area contributed by atoms with Crippen LogP contribution < -0.4 is 21.4 Å². The number of para-hydroxylation sites is 1. The highest BCUT2D eigenvalue weighted by molar-refractivity contribution is 5.97. The smallest absolute Gasteiger partial charge is 0.336 e. The van der Waals surface area contributed by atoms with Gasteiger partial charge in [0, 0.05) is 29.3 Å². The number of carbonyl (C=O) groups is 2. The number of primary amides is 1. The van der Waals surface area contributed by atoms with E-state index in [-0.39, 0.29) is 12.1 Å². The number of fused-ring (bicyclic) bond motifs is 2. The molecule has 1 atom stereocenters. The van der Waals surface area contributed by atoms with Crippen LogP contribution in [0.4, 0.5) is 0 Å². The highest BCUT2D eigenvalue weighted by Gasteiger charge is 2.22. The number of hydrogen-bond donors (Lipinski definition) is 2. The lowest BCUT2D eigenvalue weighted by molar-refractivity contribution is -0.119. The van der Waals surface area contributed by atoms with Crippen LogP contribution in [0.3, 0.4) is 0 Å². The van der Waals surface area contributed by atoms with Gasteiger partial charge in [-0.25, -0.2) is 9.78 Å². The van der Waals surface area contributed by atoms with Crippen molar-refractivity contribution in [2.45, 2.75) is 12.5 Å². The zero-order valence-electron chi connectivity index (χ0n) is 16.6. The van der Waals surface area contributed by atoms with E-state index in [0.29, 0.717) is 27.8 Å². The van der Waals surface area contributed by atoms with Gasteiger partial charge >= 0.3 is 5.63 Å². The van der Waals surface area contributed by atoms with Crippen molar-refractivity contribution < 1.29 is 18.7 Å². The first kappa shape index (κ1) is 20.1. The average molecular weight is 417 g/mol. The molecule has 0 bridgehead atoms. The third-order valence-corrected chi connectivity index (χ3v) is 4.94. The molecule has 8 nitrogen and oxygen atoms in total. The molecule has 0 saturated heterocycles. The molecule has 0 radical (unpaired) electrons. The Labute approximate surface area is 176 Å². The first-order valence-electron chi connectivity index (χ1n) is 9.51. The molecule has 4 aromatic rings. The monoisotopic (exact) mass is 417 g/mol. The molecule has 0 aliphatic rings. The number of rotatable bonds is 6. The molecular formula is C23H19N3O5. The third-order valence-electron chi connectivity index (χ3n) is 4.94. The molecule has 8 heteroatoms. The summed E-state index contributed by atoms with van der Waals surface area (Å²) in [6.45, 7) is 0. The summed E-state index contributed by atoms with van der Waals surface area (Å²) in [6.07, 6.45) is 0.0169. The number of nitrogens with two attached hydrogens (primary N) is 1. The minimum Gasteiger partial charge on any atom is -0.497 e. The number of carbonyl (C=O) groups excluding carboxylic acids is 2. The number of aromatic nitrogens is 1. The van der Waals surface area contributed by atoms with E-state index in [2.05, 4.69) is 10.3 Å². The van der Waals surface area contributed by atoms with Crippen LogP contribution >= 0.6 is 0 Å². The SMILES string of the molecule is COc1ccc2c(C[C@@H](NC(=O)c3ccc4ccccc4n3)C(N)=O)cc(=O)oc2c1. The molecule has 0 fully saturated rings. The van der Waals surface area contributed by atoms with Crippen molar-refractivity contribution in [2.24, 2.45) is 5.73 Å². The van der Waals surface area contributed by atoms with Crippen LogP contribution in [0.15, 0.2) is 69.9 Å². The Bertz CT molecular complexity index is 1360. The molecule has 2 heterocycles. The maximum absolute atomic E-state index is 12.7. The Morgan fingerprint density at radius 1 is 1.13 bits per heavy atom. The molecule has 0 spiro atoms. The van der Waals surface area contributed by atoms with Crippen molar-refractivity contribution in [3.05, 3.63) is 82.3 Å². The zero-order chi connectivity index (χ0) is 22.0. The summed E-state index contributed by atoms with van der Waals surface area (Å²) >= 11 is 0. The van der Waals surface area contributed by atoms with Crippen molar-refractivity contribution in [3.8, 4) is 5.75 Å². The first-order chi connectivity index (χ1) is 14.9. The molecule has 31 heavy (non-hydrogen) atoms. The van der Waals surface area contributed by atoms with E-state index in [4.69, 9.17) is 14.9 Å². The van der Waals surface area contributed by atoms with Gasteiger partial charge in [0.2, 0.25) is 5.91 Å². The number of nitrogens with zero attached hydrogens (tertiary/aromatic N) is 1. The normalized spacial score (nSPS) is 11.9.